The van der Waals surface area contributed by atoms with Crippen molar-refractivity contribution < 1.29 is 19.4 Å². The van der Waals surface area contributed by atoms with Gasteiger partial charge in [-0.1, -0.05) is 0 Å². The Bertz CT molecular complexity index is 119. The molecule has 0 aromatic rings. The average Bonchev–Trinajstić information content (AvgIpc) is 1.85. The predicted octanol–water partition coefficient (Wildman–Crippen LogP) is -0.881. The predicted molar refractivity (Wildman–Crippen MR) is 32.2 cm³/mol. The first kappa shape index (κ1) is 9.32. The highest BCUT2D eigenvalue weighted by atomic mass is 19.1. The fourth-order valence-electron chi connectivity index (χ4n) is 0.452. The van der Waals surface area contributed by atoms with Crippen LogP contribution in [0.4, 0.5) is 4.39 Å². The summed E-state index contributed by atoms with van der Waals surface area (Å²) in [5, 5.41) is 16.7. The number of aliphatic hydroxyl groups excluding tert-OH is 1. The first-order valence-corrected chi connectivity index (χ1v) is 2.79. The molecule has 2 atom stereocenters. The van der Waals surface area contributed by atoms with E-state index in [9.17, 15) is 9.18 Å². The zero-order valence-electron chi connectivity index (χ0n) is 5.33. The van der Waals surface area contributed by atoms with E-state index in [-0.39, 0.29) is 0 Å². The van der Waals surface area contributed by atoms with E-state index < -0.39 is 31.2 Å². The van der Waals surface area contributed by atoms with Crippen LogP contribution in [0.2, 0.25) is 0 Å². The van der Waals surface area contributed by atoms with Gasteiger partial charge in [0.25, 0.3) is 0 Å². The summed E-state index contributed by atoms with van der Waals surface area (Å²) in [6.45, 7) is -1.01. The monoisotopic (exact) mass is 151 g/mol. The summed E-state index contributed by atoms with van der Waals surface area (Å²) >= 11 is 0. The molecule has 60 valence electrons. The minimum Gasteiger partial charge on any atom is -0.481 e. The van der Waals surface area contributed by atoms with Crippen molar-refractivity contribution in [1.82, 2.24) is 0 Å². The fraction of sp³-hybridized carbons (Fsp3) is 0.800. The van der Waals surface area contributed by atoms with Crippen molar-refractivity contribution in [2.24, 2.45) is 5.73 Å². The number of rotatable bonds is 4. The van der Waals surface area contributed by atoms with Gasteiger partial charge in [0.2, 0.25) is 0 Å². The molecule has 0 spiro atoms. The van der Waals surface area contributed by atoms with E-state index in [0.29, 0.717) is 0 Å². The number of aliphatic hydroxyl groups is 1. The first-order chi connectivity index (χ1) is 4.57. The Hall–Kier alpha value is -0.680. The van der Waals surface area contributed by atoms with Crippen molar-refractivity contribution in [1.29, 1.82) is 0 Å². The van der Waals surface area contributed by atoms with Crippen molar-refractivity contribution in [3.05, 3.63) is 0 Å². The molecule has 0 amide bonds. The molecular formula is C5H10FNO3. The lowest BCUT2D eigenvalue weighted by Crippen LogP contribution is -2.37. The van der Waals surface area contributed by atoms with Crippen LogP contribution in [-0.2, 0) is 4.79 Å². The Morgan fingerprint density at radius 1 is 1.70 bits per heavy atom. The molecule has 5 heteroatoms. The largest absolute Gasteiger partial charge is 0.481 e. The smallest absolute Gasteiger partial charge is 0.305 e. The van der Waals surface area contributed by atoms with E-state index in [1.54, 1.807) is 0 Å². The van der Waals surface area contributed by atoms with Gasteiger partial charge in [-0.3, -0.25) is 4.79 Å². The van der Waals surface area contributed by atoms with Crippen molar-refractivity contribution >= 4 is 5.97 Å². The Labute approximate surface area is 57.5 Å². The first-order valence-electron chi connectivity index (χ1n) is 2.79. The number of hydrogen-bond donors (Lipinski definition) is 3. The van der Waals surface area contributed by atoms with Gasteiger partial charge >= 0.3 is 5.97 Å². The maximum Gasteiger partial charge on any atom is 0.305 e. The van der Waals surface area contributed by atoms with E-state index in [1.165, 1.54) is 0 Å². The summed E-state index contributed by atoms with van der Waals surface area (Å²) in [6, 6.07) is -1.01. The molecule has 0 saturated carbocycles. The van der Waals surface area contributed by atoms with Gasteiger partial charge in [-0.25, -0.2) is 4.39 Å². The van der Waals surface area contributed by atoms with Gasteiger partial charge < -0.3 is 15.9 Å². The van der Waals surface area contributed by atoms with E-state index in [4.69, 9.17) is 15.9 Å². The van der Waals surface area contributed by atoms with E-state index in [0.717, 1.165) is 0 Å². The zero-order valence-corrected chi connectivity index (χ0v) is 5.33. The third-order valence-electron chi connectivity index (χ3n) is 1.06. The van der Waals surface area contributed by atoms with Crippen LogP contribution in [-0.4, -0.2) is 35.0 Å². The highest BCUT2D eigenvalue weighted by molar-refractivity contribution is 5.67. The molecule has 4 nitrogen and oxygen atoms in total. The Kier molecular flexibility index (Phi) is 3.90. The molecule has 0 saturated heterocycles. The van der Waals surface area contributed by atoms with Gasteiger partial charge in [-0.15, -0.1) is 0 Å². The zero-order chi connectivity index (χ0) is 8.15. The number of nitrogens with two attached hydrogens (primary N) is 1. The molecule has 0 bridgehead atoms. The summed E-state index contributed by atoms with van der Waals surface area (Å²) in [5.41, 5.74) is 5.06. The highest BCUT2D eigenvalue weighted by Crippen LogP contribution is 1.96. The van der Waals surface area contributed by atoms with Gasteiger partial charge in [-0.2, -0.15) is 0 Å². The maximum atomic E-state index is 11.6. The summed E-state index contributed by atoms with van der Waals surface area (Å²) in [5.74, 6) is -1.14. The molecule has 0 aliphatic rings. The number of alkyl halides is 1. The SMILES string of the molecule is N[C@@H](CC(=O)O)C(O)CF. The lowest BCUT2D eigenvalue weighted by Gasteiger charge is -2.12. The van der Waals surface area contributed by atoms with Gasteiger partial charge in [0, 0.05) is 6.04 Å². The van der Waals surface area contributed by atoms with Crippen molar-refractivity contribution in [3.63, 3.8) is 0 Å². The Balaban J connectivity index is 3.61. The van der Waals surface area contributed by atoms with Crippen LogP contribution < -0.4 is 5.73 Å². The van der Waals surface area contributed by atoms with E-state index >= 15 is 0 Å². The molecule has 0 aromatic carbocycles. The quantitative estimate of drug-likeness (QED) is 0.487. The molecule has 1 unspecified atom stereocenters. The number of hydrogen-bond acceptors (Lipinski definition) is 3. The van der Waals surface area contributed by atoms with Crippen LogP contribution >= 0.6 is 0 Å². The number of aliphatic carboxylic acids is 1. The molecule has 0 aliphatic carbocycles. The molecular weight excluding hydrogens is 141 g/mol. The van der Waals surface area contributed by atoms with Crippen LogP contribution in [0.5, 0.6) is 0 Å². The standard InChI is InChI=1S/C5H10FNO3/c6-2-4(8)3(7)1-5(9)10/h3-4,8H,1-2,7H2,(H,9,10)/t3-,4?/m0/s1. The second kappa shape index (κ2) is 4.19. The minimum absolute atomic E-state index is 0.412. The normalized spacial score (nSPS) is 16.3. The number of carbonyl (C=O) groups is 1. The van der Waals surface area contributed by atoms with Crippen LogP contribution in [0.15, 0.2) is 0 Å². The Morgan fingerprint density at radius 2 is 2.20 bits per heavy atom. The maximum absolute atomic E-state index is 11.6. The van der Waals surface area contributed by atoms with Crippen LogP contribution in [0, 0.1) is 0 Å². The van der Waals surface area contributed by atoms with Crippen LogP contribution in [0.3, 0.4) is 0 Å². The molecule has 0 aliphatic heterocycles. The lowest BCUT2D eigenvalue weighted by molar-refractivity contribution is -0.138. The summed E-state index contributed by atoms with van der Waals surface area (Å²) in [6.07, 6.45) is -1.78. The summed E-state index contributed by atoms with van der Waals surface area (Å²) < 4.78 is 11.6. The van der Waals surface area contributed by atoms with Gasteiger partial charge in [0.05, 0.1) is 12.5 Å². The van der Waals surface area contributed by atoms with E-state index in [2.05, 4.69) is 0 Å². The molecule has 0 rings (SSSR count). The fourth-order valence-corrected chi connectivity index (χ4v) is 0.452. The lowest BCUT2D eigenvalue weighted by atomic mass is 10.1. The third kappa shape index (κ3) is 3.37. The molecule has 4 N–H and O–H groups in total. The average molecular weight is 151 g/mol. The minimum atomic E-state index is -1.36. The van der Waals surface area contributed by atoms with Gasteiger partial charge in [0.1, 0.15) is 6.67 Å². The van der Waals surface area contributed by atoms with Gasteiger partial charge in [0.15, 0.2) is 0 Å². The molecule has 10 heavy (non-hydrogen) atoms. The topological polar surface area (TPSA) is 83.6 Å². The van der Waals surface area contributed by atoms with E-state index in [1.807, 2.05) is 0 Å². The van der Waals surface area contributed by atoms with Gasteiger partial charge in [-0.05, 0) is 0 Å². The number of carboxylic acid groups (broad SMARTS) is 1. The summed E-state index contributed by atoms with van der Waals surface area (Å²) in [7, 11) is 0. The van der Waals surface area contributed by atoms with Crippen molar-refractivity contribution in [3.8, 4) is 0 Å². The van der Waals surface area contributed by atoms with Crippen molar-refractivity contribution in [2.45, 2.75) is 18.6 Å². The van der Waals surface area contributed by atoms with Crippen molar-refractivity contribution in [2.75, 3.05) is 6.67 Å². The summed E-state index contributed by atoms with van der Waals surface area (Å²) in [4.78, 5) is 9.92. The third-order valence-corrected chi connectivity index (χ3v) is 1.06. The molecule has 0 fully saturated rings. The Morgan fingerprint density at radius 3 is 2.50 bits per heavy atom. The highest BCUT2D eigenvalue weighted by Gasteiger charge is 2.16. The molecule has 0 aromatic heterocycles. The van der Waals surface area contributed by atoms with Crippen LogP contribution in [0.25, 0.3) is 0 Å². The number of halogens is 1. The second-order valence-electron chi connectivity index (χ2n) is 1.98. The number of carboxylic acids is 1. The molecule has 0 heterocycles. The second-order valence-corrected chi connectivity index (χ2v) is 1.98. The van der Waals surface area contributed by atoms with Crippen LogP contribution in [0.1, 0.15) is 6.42 Å². The molecule has 0 radical (unpaired) electrons.